The van der Waals surface area contributed by atoms with Crippen LogP contribution in [0.3, 0.4) is 0 Å². The summed E-state index contributed by atoms with van der Waals surface area (Å²) in [6, 6.07) is 9.67. The van der Waals surface area contributed by atoms with Gasteiger partial charge in [-0.15, -0.1) is 11.8 Å². The van der Waals surface area contributed by atoms with Crippen molar-refractivity contribution in [2.45, 2.75) is 43.7 Å². The minimum atomic E-state index is 0.775. The van der Waals surface area contributed by atoms with Crippen LogP contribution in [-0.4, -0.2) is 48.8 Å². The van der Waals surface area contributed by atoms with E-state index in [1.165, 1.54) is 42.8 Å². The Kier molecular flexibility index (Phi) is 6.40. The minimum Gasteiger partial charge on any atom is -0.301 e. The summed E-state index contributed by atoms with van der Waals surface area (Å²) < 4.78 is 0. The van der Waals surface area contributed by atoms with Gasteiger partial charge in [-0.05, 0) is 57.3 Å². The molecule has 3 heteroatoms. The molecule has 1 fully saturated rings. The van der Waals surface area contributed by atoms with Crippen LogP contribution in [0.25, 0.3) is 0 Å². The fourth-order valence-corrected chi connectivity index (χ4v) is 3.43. The van der Waals surface area contributed by atoms with E-state index < -0.39 is 0 Å². The highest BCUT2D eigenvalue weighted by Crippen LogP contribution is 2.18. The van der Waals surface area contributed by atoms with E-state index in [-0.39, 0.29) is 0 Å². The maximum atomic E-state index is 2.65. The van der Waals surface area contributed by atoms with Crippen LogP contribution in [-0.2, 0) is 6.54 Å². The maximum Gasteiger partial charge on any atom is 0.0231 e. The average Bonchev–Trinajstić information content (AvgIpc) is 2.46. The number of benzene rings is 1. The molecule has 1 unspecified atom stereocenters. The van der Waals surface area contributed by atoms with Gasteiger partial charge in [0.1, 0.15) is 0 Å². The Balaban J connectivity index is 1.78. The van der Waals surface area contributed by atoms with E-state index >= 15 is 0 Å². The Morgan fingerprint density at radius 2 is 2.20 bits per heavy atom. The number of piperidine rings is 1. The Hall–Kier alpha value is -0.510. The van der Waals surface area contributed by atoms with E-state index in [0.29, 0.717) is 0 Å². The van der Waals surface area contributed by atoms with Crippen molar-refractivity contribution >= 4 is 11.8 Å². The quantitative estimate of drug-likeness (QED) is 0.738. The predicted molar refractivity (Wildman–Crippen MR) is 89.4 cm³/mol. The number of thioether (sulfide) groups is 1. The summed E-state index contributed by atoms with van der Waals surface area (Å²) in [6.45, 7) is 7.09. The molecule has 2 nitrogen and oxygen atoms in total. The summed E-state index contributed by atoms with van der Waals surface area (Å²) in [7, 11) is 2.24. The lowest BCUT2D eigenvalue weighted by Gasteiger charge is -2.34. The van der Waals surface area contributed by atoms with Gasteiger partial charge < -0.3 is 4.90 Å². The van der Waals surface area contributed by atoms with Crippen molar-refractivity contribution in [2.24, 2.45) is 0 Å². The molecule has 0 bridgehead atoms. The largest absolute Gasteiger partial charge is 0.301 e. The van der Waals surface area contributed by atoms with Crippen molar-refractivity contribution in [1.29, 1.82) is 0 Å². The molecule has 20 heavy (non-hydrogen) atoms. The molecular weight excluding hydrogens is 264 g/mol. The molecule has 2 rings (SSSR count). The molecule has 0 amide bonds. The molecule has 1 aromatic carbocycles. The second kappa shape index (κ2) is 8.06. The number of likely N-dealkylation sites (N-methyl/N-ethyl adjacent to an activating group) is 1. The zero-order chi connectivity index (χ0) is 14.4. The van der Waals surface area contributed by atoms with Gasteiger partial charge in [-0.25, -0.2) is 0 Å². The standard InChI is InChI=1S/C17H28N2S/c1-15-7-4-5-10-19(15)12-11-18(2)14-16-8-6-9-17(13-16)20-3/h6,8-9,13,15H,4-5,7,10-12,14H2,1-3H3. The molecular formula is C17H28N2S. The molecule has 112 valence electrons. The number of nitrogens with zero attached hydrogens (tertiary/aromatic N) is 2. The van der Waals surface area contributed by atoms with Crippen LogP contribution in [0.5, 0.6) is 0 Å². The van der Waals surface area contributed by atoms with Crippen LogP contribution in [0.1, 0.15) is 31.7 Å². The van der Waals surface area contributed by atoms with Crippen LogP contribution in [0.15, 0.2) is 29.2 Å². The van der Waals surface area contributed by atoms with Crippen molar-refractivity contribution in [3.05, 3.63) is 29.8 Å². The minimum absolute atomic E-state index is 0.775. The first-order valence-corrected chi connectivity index (χ1v) is 8.97. The highest BCUT2D eigenvalue weighted by atomic mass is 32.2. The van der Waals surface area contributed by atoms with Gasteiger partial charge in [0.05, 0.1) is 0 Å². The lowest BCUT2D eigenvalue weighted by molar-refractivity contribution is 0.141. The van der Waals surface area contributed by atoms with E-state index in [2.05, 4.69) is 54.3 Å². The van der Waals surface area contributed by atoms with Crippen molar-refractivity contribution in [1.82, 2.24) is 9.80 Å². The molecule has 0 saturated carbocycles. The summed E-state index contributed by atoms with van der Waals surface area (Å²) in [5.41, 5.74) is 1.42. The van der Waals surface area contributed by atoms with Gasteiger partial charge in [-0.1, -0.05) is 18.6 Å². The summed E-state index contributed by atoms with van der Waals surface area (Å²) in [5.74, 6) is 0. The second-order valence-corrected chi connectivity index (χ2v) is 6.85. The van der Waals surface area contributed by atoms with Crippen LogP contribution >= 0.6 is 11.8 Å². The molecule has 1 aliphatic heterocycles. The van der Waals surface area contributed by atoms with Crippen molar-refractivity contribution in [3.63, 3.8) is 0 Å². The lowest BCUT2D eigenvalue weighted by Crippen LogP contribution is -2.41. The predicted octanol–water partition coefficient (Wildman–Crippen LogP) is 3.71. The monoisotopic (exact) mass is 292 g/mol. The molecule has 1 aromatic rings. The smallest absolute Gasteiger partial charge is 0.0231 e. The van der Waals surface area contributed by atoms with Crippen molar-refractivity contribution < 1.29 is 0 Å². The molecule has 1 heterocycles. The molecule has 1 atom stereocenters. The van der Waals surface area contributed by atoms with Gasteiger partial charge >= 0.3 is 0 Å². The Labute approximate surface area is 128 Å². The summed E-state index contributed by atoms with van der Waals surface area (Å²) in [6.07, 6.45) is 6.30. The maximum absolute atomic E-state index is 2.65. The molecule has 0 N–H and O–H groups in total. The van der Waals surface area contributed by atoms with Crippen LogP contribution in [0.4, 0.5) is 0 Å². The van der Waals surface area contributed by atoms with E-state index in [1.807, 2.05) is 11.8 Å². The van der Waals surface area contributed by atoms with Crippen LogP contribution < -0.4 is 0 Å². The van der Waals surface area contributed by atoms with Gasteiger partial charge in [0.15, 0.2) is 0 Å². The zero-order valence-electron chi connectivity index (χ0n) is 13.1. The highest BCUT2D eigenvalue weighted by molar-refractivity contribution is 7.98. The first kappa shape index (κ1) is 15.9. The summed E-state index contributed by atoms with van der Waals surface area (Å²) in [4.78, 5) is 6.46. The fourth-order valence-electron chi connectivity index (χ4n) is 2.95. The van der Waals surface area contributed by atoms with E-state index in [0.717, 1.165) is 19.1 Å². The SMILES string of the molecule is CSc1cccc(CN(C)CCN2CCCCC2C)c1. The molecule has 0 aliphatic carbocycles. The van der Waals surface area contributed by atoms with Crippen molar-refractivity contribution in [3.8, 4) is 0 Å². The number of hydrogen-bond donors (Lipinski definition) is 0. The third-order valence-corrected chi connectivity index (χ3v) is 5.02. The highest BCUT2D eigenvalue weighted by Gasteiger charge is 2.17. The third kappa shape index (κ3) is 4.80. The van der Waals surface area contributed by atoms with E-state index in [9.17, 15) is 0 Å². The first-order chi connectivity index (χ1) is 9.69. The van der Waals surface area contributed by atoms with Gasteiger partial charge in [-0.2, -0.15) is 0 Å². The Morgan fingerprint density at radius 3 is 2.95 bits per heavy atom. The summed E-state index contributed by atoms with van der Waals surface area (Å²) in [5, 5.41) is 0. The molecule has 1 aliphatic rings. The van der Waals surface area contributed by atoms with Gasteiger partial charge in [0, 0.05) is 30.6 Å². The molecule has 1 saturated heterocycles. The van der Waals surface area contributed by atoms with Gasteiger partial charge in [0.25, 0.3) is 0 Å². The van der Waals surface area contributed by atoms with Crippen LogP contribution in [0, 0.1) is 0 Å². The molecule has 0 radical (unpaired) electrons. The lowest BCUT2D eigenvalue weighted by atomic mass is 10.0. The molecule has 0 aromatic heterocycles. The van der Waals surface area contributed by atoms with Crippen molar-refractivity contribution in [2.75, 3.05) is 32.9 Å². The van der Waals surface area contributed by atoms with E-state index in [1.54, 1.807) is 0 Å². The van der Waals surface area contributed by atoms with Gasteiger partial charge in [-0.3, -0.25) is 4.90 Å². The second-order valence-electron chi connectivity index (χ2n) is 5.97. The third-order valence-electron chi connectivity index (χ3n) is 4.30. The summed E-state index contributed by atoms with van der Waals surface area (Å²) >= 11 is 1.82. The zero-order valence-corrected chi connectivity index (χ0v) is 14.0. The Morgan fingerprint density at radius 1 is 1.35 bits per heavy atom. The van der Waals surface area contributed by atoms with Gasteiger partial charge in [0.2, 0.25) is 0 Å². The van der Waals surface area contributed by atoms with E-state index in [4.69, 9.17) is 0 Å². The fraction of sp³-hybridized carbons (Fsp3) is 0.647. The normalized spacial score (nSPS) is 20.5. The number of rotatable bonds is 6. The average molecular weight is 292 g/mol. The molecule has 0 spiro atoms. The van der Waals surface area contributed by atoms with Crippen LogP contribution in [0.2, 0.25) is 0 Å². The Bertz CT molecular complexity index is 408. The first-order valence-electron chi connectivity index (χ1n) is 7.74. The number of likely N-dealkylation sites (tertiary alicyclic amines) is 1. The topological polar surface area (TPSA) is 6.48 Å². The number of hydrogen-bond acceptors (Lipinski definition) is 3.